The van der Waals surface area contributed by atoms with E-state index in [1.165, 1.54) is 37.8 Å². The van der Waals surface area contributed by atoms with E-state index >= 15 is 0 Å². The average Bonchev–Trinajstić information content (AvgIpc) is 2.06. The van der Waals surface area contributed by atoms with Crippen LogP contribution >= 0.6 is 23.2 Å². The predicted octanol–water partition coefficient (Wildman–Crippen LogP) is 1.99. The molecular formula is C10H12AsCl2NO2S. The van der Waals surface area contributed by atoms with Crippen molar-refractivity contribution in [2.24, 2.45) is 5.14 Å². The van der Waals surface area contributed by atoms with E-state index in [0.29, 0.717) is 9.37 Å². The van der Waals surface area contributed by atoms with Crippen molar-refractivity contribution in [3.05, 3.63) is 22.2 Å². The van der Waals surface area contributed by atoms with E-state index in [1.54, 1.807) is 0 Å². The Balaban J connectivity index is 0.000000302. The number of primary sulfonamides is 1. The second-order valence-corrected chi connectivity index (χ2v) is 7.05. The maximum atomic E-state index is 11.0. The molecule has 0 spiro atoms. The standard InChI is InChI=1S/C6H4AsCl2NO2S.C4H8/c7-3-1-4(8)5(9)2-6(3)13(10,11)12;1-2-4-3-1/h1-2H,(H2,10,11,12);1-4H2. The van der Waals surface area contributed by atoms with Crippen molar-refractivity contribution in [3.63, 3.8) is 0 Å². The second kappa shape index (κ2) is 6.44. The van der Waals surface area contributed by atoms with Crippen LogP contribution in [0.1, 0.15) is 25.7 Å². The average molecular weight is 356 g/mol. The van der Waals surface area contributed by atoms with E-state index < -0.39 is 10.0 Å². The van der Waals surface area contributed by atoms with Crippen LogP contribution in [0.4, 0.5) is 0 Å². The van der Waals surface area contributed by atoms with Gasteiger partial charge in [-0.1, -0.05) is 25.7 Å². The van der Waals surface area contributed by atoms with Gasteiger partial charge < -0.3 is 0 Å². The molecule has 0 amide bonds. The van der Waals surface area contributed by atoms with Crippen molar-refractivity contribution in [1.82, 2.24) is 0 Å². The summed E-state index contributed by atoms with van der Waals surface area (Å²) >= 11 is 13.4. The fourth-order valence-corrected chi connectivity index (χ4v) is 3.39. The van der Waals surface area contributed by atoms with E-state index in [2.05, 4.69) is 16.9 Å². The zero-order valence-corrected chi connectivity index (χ0v) is 13.2. The Bertz CT molecular complexity index is 497. The van der Waals surface area contributed by atoms with Crippen LogP contribution in [0.5, 0.6) is 0 Å². The summed E-state index contributed by atoms with van der Waals surface area (Å²) in [4.78, 5) is -0.0260. The summed E-state index contributed by atoms with van der Waals surface area (Å²) < 4.78 is 22.4. The van der Waals surface area contributed by atoms with Crippen molar-refractivity contribution < 1.29 is 8.42 Å². The van der Waals surface area contributed by atoms with Gasteiger partial charge in [0.2, 0.25) is 0 Å². The summed E-state index contributed by atoms with van der Waals surface area (Å²) in [5, 5.41) is 5.40. The minimum atomic E-state index is -3.73. The molecule has 1 aliphatic carbocycles. The third kappa shape index (κ3) is 4.80. The van der Waals surface area contributed by atoms with Crippen LogP contribution < -0.4 is 9.49 Å². The molecule has 1 aromatic rings. The Labute approximate surface area is 120 Å². The van der Waals surface area contributed by atoms with Gasteiger partial charge in [-0.15, -0.1) is 0 Å². The molecule has 0 aromatic heterocycles. The van der Waals surface area contributed by atoms with E-state index in [0.717, 1.165) is 0 Å². The molecule has 1 aromatic carbocycles. The van der Waals surface area contributed by atoms with Crippen LogP contribution in [0.25, 0.3) is 0 Å². The van der Waals surface area contributed by atoms with Gasteiger partial charge in [0.05, 0.1) is 0 Å². The van der Waals surface area contributed by atoms with Crippen LogP contribution in [0.15, 0.2) is 17.0 Å². The number of halogens is 2. The Morgan fingerprint density at radius 3 is 1.82 bits per heavy atom. The van der Waals surface area contributed by atoms with E-state index in [9.17, 15) is 8.42 Å². The first-order chi connectivity index (χ1) is 7.82. The third-order valence-electron chi connectivity index (χ3n) is 2.31. The van der Waals surface area contributed by atoms with Crippen LogP contribution in [0.2, 0.25) is 10.0 Å². The molecule has 2 N–H and O–H groups in total. The molecule has 1 aliphatic rings. The first-order valence-electron chi connectivity index (χ1n) is 5.03. The van der Waals surface area contributed by atoms with E-state index in [4.69, 9.17) is 28.3 Å². The van der Waals surface area contributed by atoms with Crippen molar-refractivity contribution in [2.75, 3.05) is 0 Å². The fraction of sp³-hybridized carbons (Fsp3) is 0.400. The maximum absolute atomic E-state index is 11.0. The van der Waals surface area contributed by atoms with Gasteiger partial charge in [0.25, 0.3) is 0 Å². The molecule has 1 saturated carbocycles. The first-order valence-corrected chi connectivity index (χ1v) is 8.27. The van der Waals surface area contributed by atoms with Crippen LogP contribution in [0, 0.1) is 0 Å². The molecule has 0 bridgehead atoms. The Morgan fingerprint density at radius 2 is 1.47 bits per heavy atom. The predicted molar refractivity (Wildman–Crippen MR) is 71.7 cm³/mol. The third-order valence-corrected chi connectivity index (χ3v) is 5.09. The molecule has 3 nitrogen and oxygen atoms in total. The molecular weight excluding hydrogens is 344 g/mol. The van der Waals surface area contributed by atoms with Crippen molar-refractivity contribution in [1.29, 1.82) is 0 Å². The van der Waals surface area contributed by atoms with Crippen molar-refractivity contribution >= 4 is 54.4 Å². The monoisotopic (exact) mass is 355 g/mol. The second-order valence-electron chi connectivity index (χ2n) is 3.69. The van der Waals surface area contributed by atoms with Gasteiger partial charge in [-0.25, -0.2) is 0 Å². The van der Waals surface area contributed by atoms with Crippen LogP contribution in [0.3, 0.4) is 0 Å². The summed E-state index contributed by atoms with van der Waals surface area (Å²) in [6.07, 6.45) is 6.00. The Morgan fingerprint density at radius 1 is 1.06 bits per heavy atom. The minimum absolute atomic E-state index is 0.0260. The summed E-state index contributed by atoms with van der Waals surface area (Å²) in [6.45, 7) is 0. The van der Waals surface area contributed by atoms with Crippen molar-refractivity contribution in [3.8, 4) is 0 Å². The number of sulfonamides is 1. The topological polar surface area (TPSA) is 60.2 Å². The van der Waals surface area contributed by atoms with Gasteiger partial charge in [0.1, 0.15) is 0 Å². The van der Waals surface area contributed by atoms with Crippen molar-refractivity contribution in [2.45, 2.75) is 30.6 Å². The SMILES string of the molecule is C1CCC1.NS(=O)(=O)c1cc(Cl)c(Cl)cc1[As]. The molecule has 2 rings (SSSR count). The number of nitrogens with two attached hydrogens (primary N) is 1. The molecule has 0 saturated heterocycles. The molecule has 94 valence electrons. The van der Waals surface area contributed by atoms with Gasteiger partial charge in [-0.2, -0.15) is 0 Å². The van der Waals surface area contributed by atoms with Gasteiger partial charge in [0.15, 0.2) is 0 Å². The summed E-state index contributed by atoms with van der Waals surface area (Å²) in [5.74, 6) is 0. The molecule has 17 heavy (non-hydrogen) atoms. The van der Waals surface area contributed by atoms with Gasteiger partial charge in [0, 0.05) is 0 Å². The number of benzene rings is 1. The molecule has 0 aliphatic heterocycles. The zero-order valence-electron chi connectivity index (χ0n) is 8.99. The molecule has 0 unspecified atom stereocenters. The number of hydrogen-bond acceptors (Lipinski definition) is 2. The van der Waals surface area contributed by atoms with Crippen LogP contribution in [-0.2, 0) is 10.0 Å². The Hall–Kier alpha value is 0.268. The molecule has 1 fully saturated rings. The fourth-order valence-electron chi connectivity index (χ4n) is 0.996. The first kappa shape index (κ1) is 15.3. The number of rotatable bonds is 1. The summed E-state index contributed by atoms with van der Waals surface area (Å²) in [6, 6.07) is 2.66. The van der Waals surface area contributed by atoms with E-state index in [1.807, 2.05) is 0 Å². The summed E-state index contributed by atoms with van der Waals surface area (Å²) in [5.41, 5.74) is 0. The molecule has 2 radical (unpaired) electrons. The van der Waals surface area contributed by atoms with Crippen LogP contribution in [-0.4, -0.2) is 25.3 Å². The van der Waals surface area contributed by atoms with Gasteiger partial charge in [-0.3, -0.25) is 0 Å². The van der Waals surface area contributed by atoms with Gasteiger partial charge in [-0.05, 0) is 0 Å². The number of hydrogen-bond donors (Lipinski definition) is 1. The molecule has 7 heteroatoms. The molecule has 0 heterocycles. The zero-order chi connectivity index (χ0) is 13.1. The van der Waals surface area contributed by atoms with E-state index in [-0.39, 0.29) is 9.92 Å². The Kier molecular flexibility index (Phi) is 5.81. The summed E-state index contributed by atoms with van der Waals surface area (Å²) in [7, 11) is -3.73. The quantitative estimate of drug-likeness (QED) is 0.783. The normalized spacial score (nSPS) is 14.6. The molecule has 0 atom stereocenters. The van der Waals surface area contributed by atoms with Gasteiger partial charge >= 0.3 is 95.1 Å².